The van der Waals surface area contributed by atoms with E-state index in [1.807, 2.05) is 43.3 Å². The summed E-state index contributed by atoms with van der Waals surface area (Å²) in [7, 11) is 0. The number of carbonyl (C=O) groups excluding carboxylic acids is 1. The molecule has 27 heavy (non-hydrogen) atoms. The number of rotatable bonds is 4. The fraction of sp³-hybridized carbons (Fsp3) is 0.286. The number of nitrogens with zero attached hydrogens (tertiary/aromatic N) is 3. The highest BCUT2D eigenvalue weighted by Gasteiger charge is 2.14. The molecule has 0 saturated carbocycles. The van der Waals surface area contributed by atoms with Crippen molar-refractivity contribution in [3.63, 3.8) is 0 Å². The van der Waals surface area contributed by atoms with Crippen LogP contribution in [-0.2, 0) is 12.8 Å². The molecule has 4 rings (SSSR count). The van der Waals surface area contributed by atoms with E-state index in [1.165, 1.54) is 11.1 Å². The fourth-order valence-electron chi connectivity index (χ4n) is 3.44. The second-order valence-electron chi connectivity index (χ2n) is 6.87. The zero-order valence-electron chi connectivity index (χ0n) is 15.4. The topological polar surface area (TPSA) is 71.8 Å². The van der Waals surface area contributed by atoms with E-state index in [0.717, 1.165) is 42.7 Å². The first-order valence-electron chi connectivity index (χ1n) is 9.31. The molecule has 1 unspecified atom stereocenters. The normalized spacial score (nSPS) is 14.9. The van der Waals surface area contributed by atoms with E-state index in [4.69, 9.17) is 0 Å². The molecule has 3 aromatic rings. The van der Waals surface area contributed by atoms with Crippen molar-refractivity contribution in [1.29, 1.82) is 0 Å². The third-order valence-corrected chi connectivity index (χ3v) is 5.04. The monoisotopic (exact) mass is 361 g/mol. The minimum atomic E-state index is -0.0808. The average molecular weight is 361 g/mol. The number of benzene rings is 2. The molecule has 0 fully saturated rings. The molecule has 0 radical (unpaired) electrons. The van der Waals surface area contributed by atoms with Crippen LogP contribution in [0.25, 0.3) is 5.69 Å². The van der Waals surface area contributed by atoms with E-state index in [1.54, 1.807) is 17.1 Å². The van der Waals surface area contributed by atoms with Crippen LogP contribution in [0.5, 0.6) is 0 Å². The molecule has 1 aromatic heterocycles. The van der Waals surface area contributed by atoms with Gasteiger partial charge in [-0.05, 0) is 73.8 Å². The summed E-state index contributed by atoms with van der Waals surface area (Å²) in [4.78, 5) is 12.7. The second-order valence-corrected chi connectivity index (χ2v) is 6.87. The van der Waals surface area contributed by atoms with Gasteiger partial charge in [-0.3, -0.25) is 4.79 Å². The Labute approximate surface area is 158 Å². The van der Waals surface area contributed by atoms with Crippen LogP contribution in [-0.4, -0.2) is 34.0 Å². The highest BCUT2D eigenvalue weighted by Crippen LogP contribution is 2.18. The number of fused-ring (bicyclic) bond motifs is 1. The summed E-state index contributed by atoms with van der Waals surface area (Å²) in [6.45, 7) is 3.96. The molecular formula is C21H23N5O. The molecule has 0 spiro atoms. The average Bonchev–Trinajstić information content (AvgIpc) is 3.13. The summed E-state index contributed by atoms with van der Waals surface area (Å²) in [5, 5.41) is 14.3. The van der Waals surface area contributed by atoms with E-state index >= 15 is 0 Å². The molecule has 138 valence electrons. The van der Waals surface area contributed by atoms with Crippen LogP contribution in [0.3, 0.4) is 0 Å². The predicted octanol–water partition coefficient (Wildman–Crippen LogP) is 2.45. The smallest absolute Gasteiger partial charge is 0.251 e. The van der Waals surface area contributed by atoms with Crippen LogP contribution in [0.2, 0.25) is 0 Å². The van der Waals surface area contributed by atoms with Gasteiger partial charge >= 0.3 is 0 Å². The van der Waals surface area contributed by atoms with Gasteiger partial charge in [-0.15, -0.1) is 5.10 Å². The Morgan fingerprint density at radius 1 is 1.11 bits per heavy atom. The predicted molar refractivity (Wildman–Crippen MR) is 104 cm³/mol. The number of carbonyl (C=O) groups is 1. The van der Waals surface area contributed by atoms with E-state index in [9.17, 15) is 4.79 Å². The second kappa shape index (κ2) is 7.72. The molecule has 6 heteroatoms. The quantitative estimate of drug-likeness (QED) is 0.749. The van der Waals surface area contributed by atoms with Crippen molar-refractivity contribution in [2.75, 3.05) is 13.1 Å². The van der Waals surface area contributed by atoms with Gasteiger partial charge in [0.15, 0.2) is 0 Å². The first kappa shape index (κ1) is 17.4. The Morgan fingerprint density at radius 2 is 1.89 bits per heavy atom. The molecular weight excluding hydrogens is 338 g/mol. The van der Waals surface area contributed by atoms with Crippen molar-refractivity contribution in [2.24, 2.45) is 0 Å². The van der Waals surface area contributed by atoms with Crippen LogP contribution in [0, 0.1) is 0 Å². The standard InChI is InChI=1S/C21H23N5O/c1-15(16-4-6-20(7-5-16)26-13-12-23-25-26)24-21(27)19-3-2-17-8-10-22-11-9-18(17)14-19/h2-7,12-15,22H,8-11H2,1H3,(H,24,27). The van der Waals surface area contributed by atoms with Gasteiger partial charge in [0.05, 0.1) is 24.1 Å². The number of hydrogen-bond donors (Lipinski definition) is 2. The first-order valence-corrected chi connectivity index (χ1v) is 9.31. The van der Waals surface area contributed by atoms with Gasteiger partial charge in [0.25, 0.3) is 5.91 Å². The Balaban J connectivity index is 1.45. The minimum Gasteiger partial charge on any atom is -0.346 e. The van der Waals surface area contributed by atoms with E-state index < -0.39 is 0 Å². The molecule has 1 aliphatic heterocycles. The minimum absolute atomic E-state index is 0.0390. The highest BCUT2D eigenvalue weighted by molar-refractivity contribution is 5.94. The largest absolute Gasteiger partial charge is 0.346 e. The van der Waals surface area contributed by atoms with E-state index in [0.29, 0.717) is 0 Å². The number of amides is 1. The molecule has 1 atom stereocenters. The summed E-state index contributed by atoms with van der Waals surface area (Å²) >= 11 is 0. The summed E-state index contributed by atoms with van der Waals surface area (Å²) in [5.74, 6) is -0.0390. The highest BCUT2D eigenvalue weighted by atomic mass is 16.1. The zero-order chi connectivity index (χ0) is 18.6. The van der Waals surface area contributed by atoms with Crippen LogP contribution in [0.15, 0.2) is 54.9 Å². The summed E-state index contributed by atoms with van der Waals surface area (Å²) in [5.41, 5.74) is 5.33. The molecule has 6 nitrogen and oxygen atoms in total. The SMILES string of the molecule is CC(NC(=O)c1ccc2c(c1)CCNCC2)c1ccc(-n2ccnn2)cc1. The number of aromatic nitrogens is 3. The van der Waals surface area contributed by atoms with Crippen molar-refractivity contribution in [1.82, 2.24) is 25.6 Å². The zero-order valence-corrected chi connectivity index (χ0v) is 15.4. The molecule has 2 aromatic carbocycles. The fourth-order valence-corrected chi connectivity index (χ4v) is 3.44. The number of nitrogens with one attached hydrogen (secondary N) is 2. The van der Waals surface area contributed by atoms with Gasteiger partial charge in [-0.25, -0.2) is 4.68 Å². The Kier molecular flexibility index (Phi) is 4.98. The van der Waals surface area contributed by atoms with Crippen molar-refractivity contribution in [3.8, 4) is 5.69 Å². The summed E-state index contributed by atoms with van der Waals surface area (Å²) in [6, 6.07) is 13.9. The van der Waals surface area contributed by atoms with Crippen molar-refractivity contribution in [3.05, 3.63) is 77.1 Å². The summed E-state index contributed by atoms with van der Waals surface area (Å²) in [6.07, 6.45) is 5.43. The van der Waals surface area contributed by atoms with Gasteiger partial charge in [-0.2, -0.15) is 0 Å². The van der Waals surface area contributed by atoms with Crippen LogP contribution >= 0.6 is 0 Å². The molecule has 0 bridgehead atoms. The maximum absolute atomic E-state index is 12.7. The Morgan fingerprint density at radius 3 is 2.63 bits per heavy atom. The van der Waals surface area contributed by atoms with Gasteiger partial charge in [-0.1, -0.05) is 23.4 Å². The molecule has 0 saturated heterocycles. The molecule has 1 amide bonds. The van der Waals surface area contributed by atoms with E-state index in [-0.39, 0.29) is 11.9 Å². The van der Waals surface area contributed by atoms with Gasteiger partial charge < -0.3 is 10.6 Å². The van der Waals surface area contributed by atoms with Gasteiger partial charge in [0.1, 0.15) is 0 Å². The Hall–Kier alpha value is -2.99. The lowest BCUT2D eigenvalue weighted by Crippen LogP contribution is -2.26. The lowest BCUT2D eigenvalue weighted by Gasteiger charge is -2.16. The van der Waals surface area contributed by atoms with E-state index in [2.05, 4.69) is 27.0 Å². The third-order valence-electron chi connectivity index (χ3n) is 5.04. The first-order chi connectivity index (χ1) is 13.2. The van der Waals surface area contributed by atoms with Gasteiger partial charge in [0.2, 0.25) is 0 Å². The van der Waals surface area contributed by atoms with Crippen molar-refractivity contribution in [2.45, 2.75) is 25.8 Å². The summed E-state index contributed by atoms with van der Waals surface area (Å²) < 4.78 is 1.71. The van der Waals surface area contributed by atoms with Crippen LogP contribution in [0.1, 0.15) is 40.0 Å². The lowest BCUT2D eigenvalue weighted by atomic mass is 9.99. The van der Waals surface area contributed by atoms with Crippen LogP contribution < -0.4 is 10.6 Å². The lowest BCUT2D eigenvalue weighted by molar-refractivity contribution is 0.0940. The van der Waals surface area contributed by atoms with Gasteiger partial charge in [0, 0.05) is 5.56 Å². The molecule has 0 aliphatic carbocycles. The number of hydrogen-bond acceptors (Lipinski definition) is 4. The maximum atomic E-state index is 12.7. The maximum Gasteiger partial charge on any atom is 0.251 e. The Bertz CT molecular complexity index is 918. The third kappa shape index (κ3) is 3.90. The van der Waals surface area contributed by atoms with Crippen LogP contribution in [0.4, 0.5) is 0 Å². The van der Waals surface area contributed by atoms with Crippen molar-refractivity contribution >= 4 is 5.91 Å². The molecule has 2 heterocycles. The molecule has 2 N–H and O–H groups in total. The van der Waals surface area contributed by atoms with Crippen molar-refractivity contribution < 1.29 is 4.79 Å². The molecule has 1 aliphatic rings.